The van der Waals surface area contributed by atoms with Crippen LogP contribution >= 0.6 is 12.4 Å². The fourth-order valence-electron chi connectivity index (χ4n) is 3.25. The zero-order valence-corrected chi connectivity index (χ0v) is 11.9. The van der Waals surface area contributed by atoms with E-state index in [1.54, 1.807) is 0 Å². The van der Waals surface area contributed by atoms with Crippen molar-refractivity contribution < 1.29 is 9.53 Å². The van der Waals surface area contributed by atoms with Gasteiger partial charge >= 0.3 is 5.97 Å². The molecule has 2 fully saturated rings. The van der Waals surface area contributed by atoms with Crippen LogP contribution in [0.1, 0.15) is 36.0 Å². The summed E-state index contributed by atoms with van der Waals surface area (Å²) in [5.41, 5.74) is 0.656. The highest BCUT2D eigenvalue weighted by atomic mass is 35.5. The van der Waals surface area contributed by atoms with E-state index in [0.29, 0.717) is 17.6 Å². The Morgan fingerprint density at radius 3 is 2.32 bits per heavy atom. The molecular weight excluding hydrogens is 262 g/mol. The van der Waals surface area contributed by atoms with Crippen LogP contribution in [0.15, 0.2) is 30.3 Å². The second kappa shape index (κ2) is 5.93. The van der Waals surface area contributed by atoms with Gasteiger partial charge in [-0.25, -0.2) is 4.79 Å². The van der Waals surface area contributed by atoms with E-state index in [1.807, 2.05) is 30.3 Å². The van der Waals surface area contributed by atoms with Crippen molar-refractivity contribution in [2.75, 3.05) is 7.05 Å². The van der Waals surface area contributed by atoms with Crippen molar-refractivity contribution in [1.82, 2.24) is 4.90 Å². The third-order valence-electron chi connectivity index (χ3n) is 4.34. The van der Waals surface area contributed by atoms with E-state index in [2.05, 4.69) is 11.9 Å². The van der Waals surface area contributed by atoms with E-state index in [9.17, 15) is 4.79 Å². The highest BCUT2D eigenvalue weighted by molar-refractivity contribution is 5.89. The maximum atomic E-state index is 12.0. The van der Waals surface area contributed by atoms with E-state index < -0.39 is 0 Å². The Kier molecular flexibility index (Phi) is 4.48. The number of carbonyl (C=O) groups excluding carboxylic acids is 1. The van der Waals surface area contributed by atoms with Gasteiger partial charge in [0.15, 0.2) is 0 Å². The van der Waals surface area contributed by atoms with Gasteiger partial charge in [-0.05, 0) is 32.0 Å². The number of fused-ring (bicyclic) bond motifs is 2. The van der Waals surface area contributed by atoms with Gasteiger partial charge in [-0.3, -0.25) is 0 Å². The molecular formula is C15H20ClNO2. The summed E-state index contributed by atoms with van der Waals surface area (Å²) in [5.74, 6) is -0.176. The Bertz CT molecular complexity index is 423. The number of piperidine rings is 1. The summed E-state index contributed by atoms with van der Waals surface area (Å²) in [7, 11) is 2.19. The minimum atomic E-state index is -0.176. The minimum absolute atomic E-state index is 0. The van der Waals surface area contributed by atoms with Crippen LogP contribution in [-0.4, -0.2) is 36.1 Å². The zero-order valence-electron chi connectivity index (χ0n) is 11.1. The van der Waals surface area contributed by atoms with Gasteiger partial charge in [-0.15, -0.1) is 12.4 Å². The monoisotopic (exact) mass is 281 g/mol. The van der Waals surface area contributed by atoms with Crippen LogP contribution in [-0.2, 0) is 4.74 Å². The fraction of sp³-hybridized carbons (Fsp3) is 0.533. The summed E-state index contributed by atoms with van der Waals surface area (Å²) in [4.78, 5) is 14.4. The number of ether oxygens (including phenoxy) is 1. The molecule has 19 heavy (non-hydrogen) atoms. The van der Waals surface area contributed by atoms with Crippen molar-refractivity contribution in [3.05, 3.63) is 35.9 Å². The molecule has 2 heterocycles. The maximum Gasteiger partial charge on any atom is 0.338 e. The van der Waals surface area contributed by atoms with Gasteiger partial charge in [0.1, 0.15) is 6.10 Å². The Hall–Kier alpha value is -1.06. The van der Waals surface area contributed by atoms with Crippen LogP contribution in [0.4, 0.5) is 0 Å². The lowest BCUT2D eigenvalue weighted by Gasteiger charge is -2.35. The van der Waals surface area contributed by atoms with Crippen LogP contribution in [0.25, 0.3) is 0 Å². The number of hydrogen-bond acceptors (Lipinski definition) is 3. The van der Waals surface area contributed by atoms with Crippen LogP contribution in [0, 0.1) is 0 Å². The van der Waals surface area contributed by atoms with Crippen LogP contribution < -0.4 is 0 Å². The van der Waals surface area contributed by atoms with E-state index in [4.69, 9.17) is 4.74 Å². The first-order valence-corrected chi connectivity index (χ1v) is 6.72. The average Bonchev–Trinajstić information content (AvgIpc) is 2.63. The standard InChI is InChI=1S/C15H19NO2.ClH/c1-16-12-7-8-13(16)10-14(9-12)18-15(17)11-5-3-2-4-6-11;/h2-6,12-14H,7-10H2,1H3;1H/t12-,13+,14?;. The number of halogens is 1. The molecule has 0 aliphatic carbocycles. The number of rotatable bonds is 2. The number of carbonyl (C=O) groups is 1. The molecule has 1 aromatic carbocycles. The first-order chi connectivity index (χ1) is 8.74. The molecule has 0 radical (unpaired) electrons. The lowest BCUT2D eigenvalue weighted by Crippen LogP contribution is -2.43. The first-order valence-electron chi connectivity index (χ1n) is 6.72. The number of esters is 1. The van der Waals surface area contributed by atoms with Gasteiger partial charge < -0.3 is 9.64 Å². The molecule has 0 saturated carbocycles. The molecule has 2 aliphatic rings. The summed E-state index contributed by atoms with van der Waals surface area (Å²) in [6.07, 6.45) is 4.59. The Morgan fingerprint density at radius 1 is 1.16 bits per heavy atom. The average molecular weight is 282 g/mol. The Labute approximate surface area is 120 Å². The zero-order chi connectivity index (χ0) is 12.5. The van der Waals surface area contributed by atoms with Crippen molar-refractivity contribution >= 4 is 18.4 Å². The third-order valence-corrected chi connectivity index (χ3v) is 4.34. The van der Waals surface area contributed by atoms with Gasteiger partial charge in [0.2, 0.25) is 0 Å². The molecule has 0 N–H and O–H groups in total. The SMILES string of the molecule is CN1[C@@H]2CC[C@H]1CC(OC(=O)c1ccccc1)C2.Cl. The third kappa shape index (κ3) is 2.93. The van der Waals surface area contributed by atoms with Gasteiger partial charge in [0.25, 0.3) is 0 Å². The quantitative estimate of drug-likeness (QED) is 0.781. The molecule has 4 heteroatoms. The number of nitrogens with zero attached hydrogens (tertiary/aromatic N) is 1. The minimum Gasteiger partial charge on any atom is -0.459 e. The summed E-state index contributed by atoms with van der Waals surface area (Å²) < 4.78 is 5.64. The van der Waals surface area contributed by atoms with E-state index >= 15 is 0 Å². The van der Waals surface area contributed by atoms with Crippen LogP contribution in [0.5, 0.6) is 0 Å². The molecule has 1 aromatic rings. The largest absolute Gasteiger partial charge is 0.459 e. The summed E-state index contributed by atoms with van der Waals surface area (Å²) >= 11 is 0. The molecule has 2 saturated heterocycles. The van der Waals surface area contributed by atoms with Crippen molar-refractivity contribution in [2.45, 2.75) is 43.9 Å². The number of benzene rings is 1. The van der Waals surface area contributed by atoms with Crippen LogP contribution in [0.3, 0.4) is 0 Å². The summed E-state index contributed by atoms with van der Waals surface area (Å²) in [5, 5.41) is 0. The van der Waals surface area contributed by atoms with Gasteiger partial charge in [-0.1, -0.05) is 18.2 Å². The van der Waals surface area contributed by atoms with E-state index in [0.717, 1.165) is 12.8 Å². The van der Waals surface area contributed by atoms with Crippen molar-refractivity contribution in [1.29, 1.82) is 0 Å². The molecule has 3 rings (SSSR count). The molecule has 3 atom stereocenters. The summed E-state index contributed by atoms with van der Waals surface area (Å²) in [6.45, 7) is 0. The van der Waals surface area contributed by atoms with E-state index in [1.165, 1.54) is 12.8 Å². The molecule has 2 bridgehead atoms. The Morgan fingerprint density at radius 2 is 1.74 bits per heavy atom. The molecule has 3 nitrogen and oxygen atoms in total. The van der Waals surface area contributed by atoms with Crippen molar-refractivity contribution in [2.24, 2.45) is 0 Å². The predicted molar refractivity (Wildman–Crippen MR) is 76.7 cm³/mol. The van der Waals surface area contributed by atoms with Gasteiger partial charge in [0, 0.05) is 24.9 Å². The topological polar surface area (TPSA) is 29.5 Å². The molecule has 0 amide bonds. The van der Waals surface area contributed by atoms with Gasteiger partial charge in [0.05, 0.1) is 5.56 Å². The normalized spacial score (nSPS) is 29.6. The predicted octanol–water partition coefficient (Wildman–Crippen LogP) is 2.89. The second-order valence-corrected chi connectivity index (χ2v) is 5.42. The molecule has 0 aromatic heterocycles. The van der Waals surface area contributed by atoms with Crippen molar-refractivity contribution in [3.8, 4) is 0 Å². The van der Waals surface area contributed by atoms with Crippen LogP contribution in [0.2, 0.25) is 0 Å². The second-order valence-electron chi connectivity index (χ2n) is 5.42. The smallest absolute Gasteiger partial charge is 0.338 e. The maximum absolute atomic E-state index is 12.0. The lowest BCUT2D eigenvalue weighted by atomic mass is 10.0. The van der Waals surface area contributed by atoms with E-state index in [-0.39, 0.29) is 24.5 Å². The Balaban J connectivity index is 0.00000133. The molecule has 1 unspecified atom stereocenters. The van der Waals surface area contributed by atoms with Gasteiger partial charge in [-0.2, -0.15) is 0 Å². The summed E-state index contributed by atoms with van der Waals surface area (Å²) in [6, 6.07) is 10.5. The van der Waals surface area contributed by atoms with Crippen molar-refractivity contribution in [3.63, 3.8) is 0 Å². The molecule has 2 aliphatic heterocycles. The molecule has 104 valence electrons. The highest BCUT2D eigenvalue weighted by Gasteiger charge is 2.39. The molecule has 0 spiro atoms. The number of hydrogen-bond donors (Lipinski definition) is 0. The first kappa shape index (κ1) is 14.4. The fourth-order valence-corrected chi connectivity index (χ4v) is 3.25. The highest BCUT2D eigenvalue weighted by Crippen LogP contribution is 2.35. The lowest BCUT2D eigenvalue weighted by molar-refractivity contribution is -0.000447.